The highest BCUT2D eigenvalue weighted by Gasteiger charge is 2.03. The van der Waals surface area contributed by atoms with Gasteiger partial charge in [0.25, 0.3) is 0 Å². The molecule has 0 amide bonds. The molecule has 4 rings (SSSR count). The van der Waals surface area contributed by atoms with E-state index in [1.807, 2.05) is 48.5 Å². The van der Waals surface area contributed by atoms with Crippen molar-refractivity contribution in [2.75, 3.05) is 0 Å². The van der Waals surface area contributed by atoms with Gasteiger partial charge in [0.1, 0.15) is 13.7 Å². The van der Waals surface area contributed by atoms with E-state index in [1.54, 1.807) is 24.4 Å². The van der Waals surface area contributed by atoms with Gasteiger partial charge in [0.05, 0.1) is 0 Å². The second-order valence-electron chi connectivity index (χ2n) is 6.26. The van der Waals surface area contributed by atoms with Crippen molar-refractivity contribution >= 4 is 36.6 Å². The average Bonchev–Trinajstić information content (AvgIpc) is 3.26. The quantitative estimate of drug-likeness (QED) is 0.375. The molecule has 0 bridgehead atoms. The summed E-state index contributed by atoms with van der Waals surface area (Å²) in [6.07, 6.45) is 4.21. The first-order valence-corrected chi connectivity index (χ1v) is 9.88. The summed E-state index contributed by atoms with van der Waals surface area (Å²) >= 11 is 11.8. The van der Waals surface area contributed by atoms with Crippen molar-refractivity contribution in [2.24, 2.45) is 0 Å². The summed E-state index contributed by atoms with van der Waals surface area (Å²) in [5.41, 5.74) is 4.37. The monoisotopic (exact) mass is 416 g/mol. The predicted octanol–water partition coefficient (Wildman–Crippen LogP) is 6.55. The molecule has 2 nitrogen and oxygen atoms in total. The van der Waals surface area contributed by atoms with Gasteiger partial charge < -0.3 is 4.98 Å². The number of aromatic nitrogens is 2. The normalized spacial score (nSPS) is 10.0. The number of aromatic amines is 1. The molecule has 142 valence electrons. The van der Waals surface area contributed by atoms with Gasteiger partial charge in [-0.25, -0.2) is 4.98 Å². The Morgan fingerprint density at radius 1 is 0.897 bits per heavy atom. The minimum Gasteiger partial charge on any atom is -0.348 e. The van der Waals surface area contributed by atoms with Gasteiger partial charge in [0.2, 0.25) is 0 Å². The SMILES string of the molecule is Clc1ccc(Cc2ncc[nH]2)c(Cl)c1.[B]C=C(c1ccccc1)c1ccccc1. The van der Waals surface area contributed by atoms with Gasteiger partial charge >= 0.3 is 0 Å². The van der Waals surface area contributed by atoms with Crippen LogP contribution in [-0.2, 0) is 6.42 Å². The second-order valence-corrected chi connectivity index (χ2v) is 7.10. The lowest BCUT2D eigenvalue weighted by atomic mass is 9.92. The van der Waals surface area contributed by atoms with Crippen molar-refractivity contribution in [3.8, 4) is 0 Å². The van der Waals surface area contributed by atoms with Crippen LogP contribution in [0.3, 0.4) is 0 Å². The fourth-order valence-electron chi connectivity index (χ4n) is 2.83. The van der Waals surface area contributed by atoms with E-state index in [4.69, 9.17) is 31.0 Å². The topological polar surface area (TPSA) is 28.7 Å². The largest absolute Gasteiger partial charge is 0.348 e. The molecule has 1 N–H and O–H groups in total. The van der Waals surface area contributed by atoms with Crippen molar-refractivity contribution in [2.45, 2.75) is 6.42 Å². The van der Waals surface area contributed by atoms with Gasteiger partial charge in [-0.2, -0.15) is 0 Å². The number of imidazole rings is 1. The van der Waals surface area contributed by atoms with Gasteiger partial charge in [-0.3, -0.25) is 0 Å². The Hall–Kier alpha value is -2.75. The molecule has 1 aromatic heterocycles. The van der Waals surface area contributed by atoms with E-state index >= 15 is 0 Å². The number of rotatable bonds is 4. The van der Waals surface area contributed by atoms with E-state index in [0.717, 1.165) is 28.1 Å². The van der Waals surface area contributed by atoms with Crippen molar-refractivity contribution < 1.29 is 0 Å². The maximum absolute atomic E-state index is 6.02. The van der Waals surface area contributed by atoms with Crippen LogP contribution in [0.25, 0.3) is 5.57 Å². The van der Waals surface area contributed by atoms with E-state index in [9.17, 15) is 0 Å². The molecule has 0 aliphatic heterocycles. The Morgan fingerprint density at radius 3 is 2.00 bits per heavy atom. The maximum Gasteiger partial charge on any atom is 0.110 e. The molecule has 0 saturated heterocycles. The van der Waals surface area contributed by atoms with Crippen LogP contribution in [0.1, 0.15) is 22.5 Å². The molecular weight excluding hydrogens is 398 g/mol. The van der Waals surface area contributed by atoms with E-state index < -0.39 is 0 Å². The standard InChI is InChI=1S/C14H11B.C10H8Cl2N2/c15-11-14(12-7-3-1-4-8-12)13-9-5-2-6-10-13;11-8-2-1-7(9(12)6-8)5-10-13-3-4-14-10/h1-11H;1-4,6H,5H2,(H,13,14). The van der Waals surface area contributed by atoms with Gasteiger partial charge in [0.15, 0.2) is 0 Å². The molecule has 0 aliphatic rings. The number of H-pyrrole nitrogens is 1. The van der Waals surface area contributed by atoms with Gasteiger partial charge in [-0.15, -0.1) is 5.98 Å². The van der Waals surface area contributed by atoms with Gasteiger partial charge in [-0.05, 0) is 34.4 Å². The lowest BCUT2D eigenvalue weighted by Gasteiger charge is -2.07. The summed E-state index contributed by atoms with van der Waals surface area (Å²) in [4.78, 5) is 7.15. The molecule has 4 aromatic rings. The van der Waals surface area contributed by atoms with E-state index in [1.165, 1.54) is 0 Å². The first kappa shape index (κ1) is 21.0. The maximum atomic E-state index is 6.02. The molecule has 0 atom stereocenters. The second kappa shape index (κ2) is 10.7. The molecule has 0 unspecified atom stereocenters. The Morgan fingerprint density at radius 2 is 1.52 bits per heavy atom. The minimum absolute atomic E-state index is 0.651. The van der Waals surface area contributed by atoms with Crippen LogP contribution in [-0.4, -0.2) is 17.8 Å². The zero-order chi connectivity index (χ0) is 20.5. The molecule has 5 heteroatoms. The Kier molecular flexibility index (Phi) is 7.74. The summed E-state index contributed by atoms with van der Waals surface area (Å²) in [6, 6.07) is 25.8. The molecule has 0 spiro atoms. The number of nitrogens with one attached hydrogen (secondary N) is 1. The number of hydrogen-bond donors (Lipinski definition) is 1. The summed E-state index contributed by atoms with van der Waals surface area (Å²) in [6.45, 7) is 0. The van der Waals surface area contributed by atoms with Crippen LogP contribution >= 0.6 is 23.2 Å². The van der Waals surface area contributed by atoms with Crippen molar-refractivity contribution in [1.82, 2.24) is 9.97 Å². The van der Waals surface area contributed by atoms with Crippen molar-refractivity contribution in [1.29, 1.82) is 0 Å². The zero-order valence-electron chi connectivity index (χ0n) is 15.7. The molecule has 3 aromatic carbocycles. The minimum atomic E-state index is 0.651. The number of benzene rings is 3. The Labute approximate surface area is 182 Å². The van der Waals surface area contributed by atoms with Gasteiger partial charge in [0, 0.05) is 28.9 Å². The molecule has 0 saturated carbocycles. The van der Waals surface area contributed by atoms with Crippen LogP contribution in [0.2, 0.25) is 10.0 Å². The Bertz CT molecular complexity index is 1010. The van der Waals surface area contributed by atoms with Crippen LogP contribution in [0.4, 0.5) is 0 Å². The summed E-state index contributed by atoms with van der Waals surface area (Å²) < 4.78 is 0. The van der Waals surface area contributed by atoms with Crippen LogP contribution in [0.5, 0.6) is 0 Å². The van der Waals surface area contributed by atoms with Crippen LogP contribution in [0.15, 0.2) is 97.2 Å². The smallest absolute Gasteiger partial charge is 0.110 e. The first-order chi connectivity index (χ1) is 14.2. The summed E-state index contributed by atoms with van der Waals surface area (Å²) in [5.74, 6) is 2.55. The van der Waals surface area contributed by atoms with E-state index in [0.29, 0.717) is 16.5 Å². The number of halogens is 2. The summed E-state index contributed by atoms with van der Waals surface area (Å²) in [5, 5.41) is 1.33. The molecule has 2 radical (unpaired) electrons. The highest BCUT2D eigenvalue weighted by Crippen LogP contribution is 2.23. The highest BCUT2D eigenvalue weighted by atomic mass is 35.5. The summed E-state index contributed by atoms with van der Waals surface area (Å²) in [7, 11) is 5.67. The molecular formula is C24H19BCl2N2. The zero-order valence-corrected chi connectivity index (χ0v) is 17.2. The van der Waals surface area contributed by atoms with Crippen molar-refractivity contribution in [3.05, 3.63) is 130 Å². The fourth-order valence-corrected chi connectivity index (χ4v) is 3.31. The highest BCUT2D eigenvalue weighted by molar-refractivity contribution is 6.35. The molecule has 1 heterocycles. The van der Waals surface area contributed by atoms with Gasteiger partial charge in [-0.1, -0.05) is 89.9 Å². The van der Waals surface area contributed by atoms with Crippen molar-refractivity contribution in [3.63, 3.8) is 0 Å². The number of nitrogens with zero attached hydrogens (tertiary/aromatic N) is 1. The van der Waals surface area contributed by atoms with E-state index in [-0.39, 0.29) is 0 Å². The lowest BCUT2D eigenvalue weighted by Crippen LogP contribution is -1.91. The van der Waals surface area contributed by atoms with Crippen LogP contribution < -0.4 is 0 Å². The van der Waals surface area contributed by atoms with Crippen LogP contribution in [0, 0.1) is 0 Å². The fraction of sp³-hybridized carbons (Fsp3) is 0.0417. The predicted molar refractivity (Wildman–Crippen MR) is 124 cm³/mol. The molecule has 29 heavy (non-hydrogen) atoms. The third kappa shape index (κ3) is 6.12. The van der Waals surface area contributed by atoms with E-state index in [2.05, 4.69) is 34.2 Å². The molecule has 0 fully saturated rings. The lowest BCUT2D eigenvalue weighted by molar-refractivity contribution is 1.03. The third-order valence-electron chi connectivity index (χ3n) is 4.26. The molecule has 0 aliphatic carbocycles. The first-order valence-electron chi connectivity index (χ1n) is 9.12. The third-order valence-corrected chi connectivity index (χ3v) is 4.85. The number of hydrogen-bond acceptors (Lipinski definition) is 1. The Balaban J connectivity index is 0.000000166. The average molecular weight is 417 g/mol.